The summed E-state index contributed by atoms with van der Waals surface area (Å²) in [4.78, 5) is 17.0. The molecule has 2 heterocycles. The van der Waals surface area contributed by atoms with Gasteiger partial charge in [-0.3, -0.25) is 4.79 Å². The van der Waals surface area contributed by atoms with Crippen LogP contribution < -0.4 is 5.32 Å². The number of aromatic nitrogens is 4. The zero-order chi connectivity index (χ0) is 19.4. The van der Waals surface area contributed by atoms with Gasteiger partial charge in [0.2, 0.25) is 0 Å². The second kappa shape index (κ2) is 7.70. The van der Waals surface area contributed by atoms with Gasteiger partial charge in [0.05, 0.1) is 23.8 Å². The lowest BCUT2D eigenvalue weighted by atomic mass is 9.86. The van der Waals surface area contributed by atoms with Gasteiger partial charge in [0.25, 0.3) is 5.91 Å². The molecular weight excluding hydrogens is 338 g/mol. The quantitative estimate of drug-likeness (QED) is 0.753. The highest BCUT2D eigenvalue weighted by atomic mass is 16.1. The van der Waals surface area contributed by atoms with E-state index in [1.807, 2.05) is 54.1 Å². The number of carbonyl (C=O) groups is 1. The Morgan fingerprint density at radius 1 is 1.19 bits per heavy atom. The highest BCUT2D eigenvalue weighted by molar-refractivity contribution is 5.95. The van der Waals surface area contributed by atoms with E-state index in [1.54, 1.807) is 12.5 Å². The molecule has 1 atom stereocenters. The van der Waals surface area contributed by atoms with Crippen molar-refractivity contribution in [3.8, 4) is 11.3 Å². The summed E-state index contributed by atoms with van der Waals surface area (Å²) in [7, 11) is 0. The molecule has 0 aliphatic carbocycles. The molecule has 0 fully saturated rings. The van der Waals surface area contributed by atoms with Gasteiger partial charge >= 0.3 is 0 Å². The first-order valence-corrected chi connectivity index (χ1v) is 9.00. The van der Waals surface area contributed by atoms with Crippen molar-refractivity contribution in [3.05, 3.63) is 66.4 Å². The minimum atomic E-state index is -0.100. The van der Waals surface area contributed by atoms with Crippen LogP contribution in [0.15, 0.2) is 55.1 Å². The summed E-state index contributed by atoms with van der Waals surface area (Å²) in [6.07, 6.45) is 5.41. The molecule has 6 nitrogen and oxygen atoms in total. The average Bonchev–Trinajstić information content (AvgIpc) is 3.14. The van der Waals surface area contributed by atoms with Crippen LogP contribution in [0, 0.1) is 12.3 Å². The number of imidazole rings is 1. The second-order valence-corrected chi connectivity index (χ2v) is 7.79. The Morgan fingerprint density at radius 2 is 2.00 bits per heavy atom. The summed E-state index contributed by atoms with van der Waals surface area (Å²) >= 11 is 0. The SMILES string of the molecule is Cc1ccc(-c2cccc(C(=O)N[C@@H](Cn3ccnc3)C(C)(C)C)c2)nn1. The van der Waals surface area contributed by atoms with Crippen molar-refractivity contribution in [1.29, 1.82) is 0 Å². The third kappa shape index (κ3) is 4.78. The Balaban J connectivity index is 1.79. The van der Waals surface area contributed by atoms with Crippen molar-refractivity contribution in [1.82, 2.24) is 25.1 Å². The van der Waals surface area contributed by atoms with Gasteiger partial charge in [-0.25, -0.2) is 4.98 Å². The van der Waals surface area contributed by atoms with Crippen molar-refractivity contribution >= 4 is 5.91 Å². The average molecular weight is 363 g/mol. The summed E-state index contributed by atoms with van der Waals surface area (Å²) in [5.41, 5.74) is 2.99. The maximum Gasteiger partial charge on any atom is 0.251 e. The van der Waals surface area contributed by atoms with Gasteiger partial charge in [-0.15, -0.1) is 0 Å². The number of hydrogen-bond acceptors (Lipinski definition) is 4. The standard InChI is InChI=1S/C21H25N5O/c1-15-8-9-18(25-24-15)16-6-5-7-17(12-16)20(27)23-19(21(2,3)4)13-26-11-10-22-14-26/h5-12,14,19H,13H2,1-4H3,(H,23,27)/t19-/m0/s1. The normalized spacial score (nSPS) is 12.6. The molecule has 2 aromatic heterocycles. The van der Waals surface area contributed by atoms with Crippen LogP contribution >= 0.6 is 0 Å². The Bertz CT molecular complexity index is 895. The van der Waals surface area contributed by atoms with Crippen molar-refractivity contribution in [2.45, 2.75) is 40.3 Å². The lowest BCUT2D eigenvalue weighted by molar-refractivity contribution is 0.0892. The fourth-order valence-corrected chi connectivity index (χ4v) is 2.76. The first-order chi connectivity index (χ1) is 12.8. The van der Waals surface area contributed by atoms with Crippen molar-refractivity contribution in [2.75, 3.05) is 0 Å². The second-order valence-electron chi connectivity index (χ2n) is 7.79. The van der Waals surface area contributed by atoms with Gasteiger partial charge in [0, 0.05) is 30.1 Å². The van der Waals surface area contributed by atoms with Crippen molar-refractivity contribution < 1.29 is 4.79 Å². The molecule has 0 saturated heterocycles. The highest BCUT2D eigenvalue weighted by Gasteiger charge is 2.27. The van der Waals surface area contributed by atoms with Crippen LogP contribution in [0.5, 0.6) is 0 Å². The zero-order valence-corrected chi connectivity index (χ0v) is 16.2. The van der Waals surface area contributed by atoms with E-state index in [1.165, 1.54) is 0 Å². The molecule has 0 spiro atoms. The van der Waals surface area contributed by atoms with Gasteiger partial charge in [-0.05, 0) is 36.6 Å². The van der Waals surface area contributed by atoms with Crippen molar-refractivity contribution in [2.24, 2.45) is 5.41 Å². The van der Waals surface area contributed by atoms with Crippen molar-refractivity contribution in [3.63, 3.8) is 0 Å². The molecule has 0 aliphatic heterocycles. The van der Waals surface area contributed by atoms with Gasteiger partial charge in [0.15, 0.2) is 0 Å². The molecule has 0 unspecified atom stereocenters. The molecule has 0 bridgehead atoms. The lowest BCUT2D eigenvalue weighted by Crippen LogP contribution is -2.46. The van der Waals surface area contributed by atoms with Crippen LogP contribution in [-0.4, -0.2) is 31.7 Å². The number of benzene rings is 1. The summed E-state index contributed by atoms with van der Waals surface area (Å²) in [6.45, 7) is 8.92. The molecular formula is C21H25N5O. The summed E-state index contributed by atoms with van der Waals surface area (Å²) in [6, 6.07) is 11.3. The van der Waals surface area contributed by atoms with E-state index in [2.05, 4.69) is 41.3 Å². The highest BCUT2D eigenvalue weighted by Crippen LogP contribution is 2.22. The van der Waals surface area contributed by atoms with E-state index in [-0.39, 0.29) is 17.4 Å². The van der Waals surface area contributed by atoms with Crippen LogP contribution in [0.2, 0.25) is 0 Å². The van der Waals surface area contributed by atoms with Gasteiger partial charge in [0.1, 0.15) is 0 Å². The monoisotopic (exact) mass is 363 g/mol. The minimum Gasteiger partial charge on any atom is -0.347 e. The first kappa shape index (κ1) is 18.8. The minimum absolute atomic E-state index is 0.0398. The topological polar surface area (TPSA) is 72.7 Å². The molecule has 27 heavy (non-hydrogen) atoms. The molecule has 1 amide bonds. The fraction of sp³-hybridized carbons (Fsp3) is 0.333. The van der Waals surface area contributed by atoms with Crippen LogP contribution in [0.4, 0.5) is 0 Å². The van der Waals surface area contributed by atoms with E-state index < -0.39 is 0 Å². The van der Waals surface area contributed by atoms with Crippen LogP contribution in [-0.2, 0) is 6.54 Å². The predicted octanol–water partition coefficient (Wildman–Crippen LogP) is 3.49. The lowest BCUT2D eigenvalue weighted by Gasteiger charge is -2.31. The largest absolute Gasteiger partial charge is 0.347 e. The molecule has 0 radical (unpaired) electrons. The molecule has 3 aromatic rings. The summed E-state index contributed by atoms with van der Waals surface area (Å²) < 4.78 is 1.98. The number of aryl methyl sites for hydroxylation is 1. The zero-order valence-electron chi connectivity index (χ0n) is 16.2. The van der Waals surface area contributed by atoms with Crippen LogP contribution in [0.3, 0.4) is 0 Å². The Labute approximate surface area is 159 Å². The molecule has 1 aromatic carbocycles. The summed E-state index contributed by atoms with van der Waals surface area (Å²) in [5, 5.41) is 11.5. The van der Waals surface area contributed by atoms with Crippen LogP contribution in [0.25, 0.3) is 11.3 Å². The molecule has 3 rings (SSSR count). The van der Waals surface area contributed by atoms with E-state index >= 15 is 0 Å². The first-order valence-electron chi connectivity index (χ1n) is 9.00. The fourth-order valence-electron chi connectivity index (χ4n) is 2.76. The van der Waals surface area contributed by atoms with Gasteiger partial charge in [-0.2, -0.15) is 10.2 Å². The van der Waals surface area contributed by atoms with E-state index in [0.717, 1.165) is 17.0 Å². The number of carbonyl (C=O) groups excluding carboxylic acids is 1. The number of rotatable bonds is 5. The Morgan fingerprint density at radius 3 is 2.63 bits per heavy atom. The molecule has 1 N–H and O–H groups in total. The maximum absolute atomic E-state index is 12.9. The summed E-state index contributed by atoms with van der Waals surface area (Å²) in [5.74, 6) is -0.100. The number of hydrogen-bond donors (Lipinski definition) is 1. The smallest absolute Gasteiger partial charge is 0.251 e. The third-order valence-corrected chi connectivity index (χ3v) is 4.52. The van der Waals surface area contributed by atoms with E-state index in [0.29, 0.717) is 12.1 Å². The number of nitrogens with zero attached hydrogens (tertiary/aromatic N) is 4. The molecule has 6 heteroatoms. The number of nitrogens with one attached hydrogen (secondary N) is 1. The van der Waals surface area contributed by atoms with Crippen LogP contribution in [0.1, 0.15) is 36.8 Å². The van der Waals surface area contributed by atoms with E-state index in [9.17, 15) is 4.79 Å². The number of amides is 1. The predicted molar refractivity (Wildman–Crippen MR) is 105 cm³/mol. The maximum atomic E-state index is 12.9. The molecule has 0 saturated carbocycles. The molecule has 0 aliphatic rings. The van der Waals surface area contributed by atoms with Gasteiger partial charge in [-0.1, -0.05) is 32.9 Å². The van der Waals surface area contributed by atoms with E-state index in [4.69, 9.17) is 0 Å². The van der Waals surface area contributed by atoms with Gasteiger partial charge < -0.3 is 9.88 Å². The Kier molecular flexibility index (Phi) is 5.35. The molecule has 140 valence electrons. The Hall–Kier alpha value is -3.02. The third-order valence-electron chi connectivity index (χ3n) is 4.52.